The molecule has 0 aliphatic rings. The molecule has 1 aromatic heterocycles. The second-order valence-electron chi connectivity index (χ2n) is 4.63. The van der Waals surface area contributed by atoms with Gasteiger partial charge in [0, 0.05) is 8.07 Å². The first kappa shape index (κ1) is 12.9. The smallest absolute Gasteiger partial charge is 0.236 e. The molecule has 0 unspecified atom stereocenters. The predicted octanol–water partition coefficient (Wildman–Crippen LogP) is 2.72. The summed E-state index contributed by atoms with van der Waals surface area (Å²) in [5.41, 5.74) is 0.319. The van der Waals surface area contributed by atoms with Crippen molar-refractivity contribution in [3.05, 3.63) is 17.0 Å². The third-order valence-corrected chi connectivity index (χ3v) is 3.82. The highest BCUT2D eigenvalue weighted by Crippen LogP contribution is 2.17. The Labute approximate surface area is 101 Å². The van der Waals surface area contributed by atoms with Gasteiger partial charge in [-0.1, -0.05) is 19.6 Å². The molecule has 16 heavy (non-hydrogen) atoms. The van der Waals surface area contributed by atoms with Gasteiger partial charge in [0.15, 0.2) is 0 Å². The van der Waals surface area contributed by atoms with Gasteiger partial charge in [0.2, 0.25) is 11.2 Å². The summed E-state index contributed by atoms with van der Waals surface area (Å²) < 4.78 is 5.46. The molecule has 4 nitrogen and oxygen atoms in total. The van der Waals surface area contributed by atoms with Crippen molar-refractivity contribution >= 4 is 19.7 Å². The molecular formula is C10H14ClN3OSi. The lowest BCUT2D eigenvalue weighted by Gasteiger charge is -2.15. The van der Waals surface area contributed by atoms with E-state index in [0.29, 0.717) is 12.2 Å². The van der Waals surface area contributed by atoms with Gasteiger partial charge in [0.1, 0.15) is 11.6 Å². The Bertz CT molecular complexity index is 412. The zero-order valence-corrected chi connectivity index (χ0v) is 11.4. The second-order valence-corrected chi connectivity index (χ2v) is 10.6. The monoisotopic (exact) mass is 255 g/mol. The topological polar surface area (TPSA) is 58.8 Å². The van der Waals surface area contributed by atoms with Crippen molar-refractivity contribution in [2.45, 2.75) is 25.7 Å². The molecular weight excluding hydrogens is 242 g/mol. The van der Waals surface area contributed by atoms with Gasteiger partial charge in [0.05, 0.1) is 12.8 Å². The summed E-state index contributed by atoms with van der Waals surface area (Å²) in [5.74, 6) is 0.278. The summed E-state index contributed by atoms with van der Waals surface area (Å²) in [5, 5.41) is 8.92. The minimum Gasteiger partial charge on any atom is -0.477 e. The van der Waals surface area contributed by atoms with Gasteiger partial charge in [-0.05, 0) is 17.6 Å². The van der Waals surface area contributed by atoms with Crippen LogP contribution < -0.4 is 4.74 Å². The van der Waals surface area contributed by atoms with E-state index in [1.54, 1.807) is 0 Å². The van der Waals surface area contributed by atoms with Gasteiger partial charge < -0.3 is 4.74 Å². The molecule has 1 rings (SSSR count). The Morgan fingerprint density at radius 1 is 1.50 bits per heavy atom. The van der Waals surface area contributed by atoms with Crippen molar-refractivity contribution < 1.29 is 4.74 Å². The third kappa shape index (κ3) is 4.17. The average Bonchev–Trinajstić information content (AvgIpc) is 2.16. The fourth-order valence-corrected chi connectivity index (χ4v) is 1.83. The highest BCUT2D eigenvalue weighted by molar-refractivity contribution is 6.76. The van der Waals surface area contributed by atoms with Crippen LogP contribution in [-0.2, 0) is 0 Å². The summed E-state index contributed by atoms with van der Waals surface area (Å²) >= 11 is 5.64. The first-order valence-electron chi connectivity index (χ1n) is 4.98. The quantitative estimate of drug-likeness (QED) is 0.613. The van der Waals surface area contributed by atoms with Crippen LogP contribution in [-0.4, -0.2) is 24.6 Å². The predicted molar refractivity (Wildman–Crippen MR) is 65.4 cm³/mol. The molecule has 0 fully saturated rings. The van der Waals surface area contributed by atoms with Gasteiger partial charge in [-0.3, -0.25) is 0 Å². The van der Waals surface area contributed by atoms with E-state index >= 15 is 0 Å². The van der Waals surface area contributed by atoms with Crippen LogP contribution in [0.2, 0.25) is 31.0 Å². The van der Waals surface area contributed by atoms with E-state index in [2.05, 4.69) is 29.6 Å². The maximum atomic E-state index is 8.82. The summed E-state index contributed by atoms with van der Waals surface area (Å²) in [7, 11) is -1.14. The number of halogens is 1. The van der Waals surface area contributed by atoms with Crippen molar-refractivity contribution in [1.82, 2.24) is 9.97 Å². The molecule has 86 valence electrons. The first-order valence-corrected chi connectivity index (χ1v) is 9.06. The molecule has 0 amide bonds. The van der Waals surface area contributed by atoms with E-state index in [4.69, 9.17) is 21.6 Å². The van der Waals surface area contributed by atoms with Crippen LogP contribution in [0.1, 0.15) is 5.56 Å². The second kappa shape index (κ2) is 5.28. The highest BCUT2D eigenvalue weighted by Gasteiger charge is 2.14. The number of rotatable bonds is 4. The Balaban J connectivity index is 2.67. The average molecular weight is 256 g/mol. The highest BCUT2D eigenvalue weighted by atomic mass is 35.5. The van der Waals surface area contributed by atoms with Crippen molar-refractivity contribution in [2.75, 3.05) is 6.61 Å². The molecule has 0 spiro atoms. The largest absolute Gasteiger partial charge is 0.477 e. The fraction of sp³-hybridized carbons (Fsp3) is 0.500. The summed E-state index contributed by atoms with van der Waals surface area (Å²) in [4.78, 5) is 7.62. The molecule has 0 saturated heterocycles. The van der Waals surface area contributed by atoms with Gasteiger partial charge >= 0.3 is 0 Å². The number of ether oxygens (including phenoxy) is 1. The van der Waals surface area contributed by atoms with Gasteiger partial charge in [0.25, 0.3) is 0 Å². The molecule has 0 saturated carbocycles. The van der Waals surface area contributed by atoms with Gasteiger partial charge in [-0.2, -0.15) is 10.2 Å². The van der Waals surface area contributed by atoms with Crippen molar-refractivity contribution in [3.63, 3.8) is 0 Å². The maximum absolute atomic E-state index is 8.82. The number of nitrogens with zero attached hydrogens (tertiary/aromatic N) is 3. The van der Waals surface area contributed by atoms with Gasteiger partial charge in [-0.15, -0.1) is 0 Å². The Kier molecular flexibility index (Phi) is 4.27. The lowest BCUT2D eigenvalue weighted by atomic mass is 10.4. The Hall–Kier alpha value is -1.12. The van der Waals surface area contributed by atoms with E-state index < -0.39 is 8.07 Å². The van der Waals surface area contributed by atoms with Crippen LogP contribution in [0.25, 0.3) is 0 Å². The standard InChI is InChI=1S/C10H14ClN3OSi/c1-16(2,3)5-4-15-9-8(6-12)7-13-10(11)14-9/h7H,4-5H2,1-3H3. The molecule has 6 heteroatoms. The maximum Gasteiger partial charge on any atom is 0.236 e. The van der Waals surface area contributed by atoms with Crippen LogP contribution in [0.5, 0.6) is 5.88 Å². The number of nitriles is 1. The minimum atomic E-state index is -1.14. The van der Waals surface area contributed by atoms with Gasteiger partial charge in [-0.25, -0.2) is 4.98 Å². The van der Waals surface area contributed by atoms with Crippen molar-refractivity contribution in [1.29, 1.82) is 5.26 Å². The molecule has 0 N–H and O–H groups in total. The molecule has 0 aliphatic heterocycles. The summed E-state index contributed by atoms with van der Waals surface area (Å²) in [6, 6.07) is 2.99. The van der Waals surface area contributed by atoms with Crippen LogP contribution in [0, 0.1) is 11.3 Å². The summed E-state index contributed by atoms with van der Waals surface area (Å²) in [6.45, 7) is 7.34. The normalized spacial score (nSPS) is 10.9. The zero-order chi connectivity index (χ0) is 12.2. The van der Waals surface area contributed by atoms with E-state index in [1.807, 2.05) is 6.07 Å². The number of hydrogen-bond acceptors (Lipinski definition) is 4. The molecule has 0 aromatic carbocycles. The lowest BCUT2D eigenvalue weighted by molar-refractivity contribution is 0.323. The van der Waals surface area contributed by atoms with E-state index in [0.717, 1.165) is 6.04 Å². The van der Waals surface area contributed by atoms with Crippen LogP contribution >= 0.6 is 11.6 Å². The van der Waals surface area contributed by atoms with E-state index in [9.17, 15) is 0 Å². The number of hydrogen-bond donors (Lipinski definition) is 0. The Morgan fingerprint density at radius 2 is 2.19 bits per heavy atom. The summed E-state index contributed by atoms with van der Waals surface area (Å²) in [6.07, 6.45) is 1.37. The molecule has 1 aromatic rings. The Morgan fingerprint density at radius 3 is 2.75 bits per heavy atom. The molecule has 0 radical (unpaired) electrons. The van der Waals surface area contributed by atoms with Crippen molar-refractivity contribution in [3.8, 4) is 11.9 Å². The number of aromatic nitrogens is 2. The van der Waals surface area contributed by atoms with E-state index in [1.165, 1.54) is 6.20 Å². The van der Waals surface area contributed by atoms with Crippen LogP contribution in [0.15, 0.2) is 6.20 Å². The van der Waals surface area contributed by atoms with Crippen LogP contribution in [0.4, 0.5) is 0 Å². The SMILES string of the molecule is C[Si](C)(C)CCOc1nc(Cl)ncc1C#N. The van der Waals surface area contributed by atoms with E-state index in [-0.39, 0.29) is 11.2 Å². The van der Waals surface area contributed by atoms with Crippen molar-refractivity contribution in [2.24, 2.45) is 0 Å². The molecule has 0 bridgehead atoms. The minimum absolute atomic E-state index is 0.0991. The molecule has 0 aliphatic carbocycles. The molecule has 0 atom stereocenters. The van der Waals surface area contributed by atoms with Crippen LogP contribution in [0.3, 0.4) is 0 Å². The zero-order valence-electron chi connectivity index (χ0n) is 9.62. The fourth-order valence-electron chi connectivity index (χ4n) is 0.987. The first-order chi connectivity index (χ1) is 7.42. The lowest BCUT2D eigenvalue weighted by Crippen LogP contribution is -2.22. The molecule has 1 heterocycles. The third-order valence-electron chi connectivity index (χ3n) is 1.94.